The Morgan fingerprint density at radius 2 is 1.83 bits per heavy atom. The third-order valence-corrected chi connectivity index (χ3v) is 4.93. The lowest BCUT2D eigenvalue weighted by molar-refractivity contribution is 0.260. The van der Waals surface area contributed by atoms with Gasteiger partial charge in [-0.05, 0) is 48.4 Å². The standard InChI is InChI=1S/C18H19Cl2NO3/c1-22-16-8-11-6-7-21-14(12(11)9-17(16)23-2)10-24-15-5-3-4-13(19)18(15)20/h3-5,8-9,14,21H,6-7,10H2,1-2H3. The summed E-state index contributed by atoms with van der Waals surface area (Å²) in [6, 6.07) is 9.46. The van der Waals surface area contributed by atoms with Gasteiger partial charge in [-0.15, -0.1) is 0 Å². The van der Waals surface area contributed by atoms with Gasteiger partial charge in [0, 0.05) is 0 Å². The smallest absolute Gasteiger partial charge is 0.161 e. The molecule has 1 atom stereocenters. The zero-order valence-corrected chi connectivity index (χ0v) is 15.1. The van der Waals surface area contributed by atoms with E-state index in [1.807, 2.05) is 24.3 Å². The summed E-state index contributed by atoms with van der Waals surface area (Å²) in [4.78, 5) is 0. The molecule has 0 saturated carbocycles. The van der Waals surface area contributed by atoms with Crippen LogP contribution in [-0.4, -0.2) is 27.4 Å². The lowest BCUT2D eigenvalue weighted by Crippen LogP contribution is -2.33. The minimum absolute atomic E-state index is 0.0450. The maximum Gasteiger partial charge on any atom is 0.161 e. The molecule has 0 fully saturated rings. The van der Waals surface area contributed by atoms with Gasteiger partial charge in [0.2, 0.25) is 0 Å². The van der Waals surface area contributed by atoms with E-state index >= 15 is 0 Å². The normalized spacial score (nSPS) is 16.4. The second-order valence-electron chi connectivity index (χ2n) is 5.53. The van der Waals surface area contributed by atoms with Crippen molar-refractivity contribution in [2.45, 2.75) is 12.5 Å². The summed E-state index contributed by atoms with van der Waals surface area (Å²) < 4.78 is 16.7. The molecule has 0 radical (unpaired) electrons. The van der Waals surface area contributed by atoms with Crippen LogP contribution in [0, 0.1) is 0 Å². The van der Waals surface area contributed by atoms with Crippen molar-refractivity contribution in [1.29, 1.82) is 0 Å². The van der Waals surface area contributed by atoms with Gasteiger partial charge in [-0.3, -0.25) is 0 Å². The van der Waals surface area contributed by atoms with E-state index in [1.54, 1.807) is 20.3 Å². The van der Waals surface area contributed by atoms with Crippen LogP contribution < -0.4 is 19.5 Å². The van der Waals surface area contributed by atoms with Crippen LogP contribution in [0.15, 0.2) is 30.3 Å². The molecule has 2 aromatic carbocycles. The van der Waals surface area contributed by atoms with Crippen LogP contribution in [0.5, 0.6) is 17.2 Å². The lowest BCUT2D eigenvalue weighted by atomic mass is 9.94. The first kappa shape index (κ1) is 17.2. The zero-order chi connectivity index (χ0) is 17.1. The molecule has 6 heteroatoms. The van der Waals surface area contributed by atoms with Gasteiger partial charge in [0.15, 0.2) is 11.5 Å². The number of nitrogens with one attached hydrogen (secondary N) is 1. The molecule has 0 bridgehead atoms. The molecule has 128 valence electrons. The van der Waals surface area contributed by atoms with Crippen LogP contribution in [0.25, 0.3) is 0 Å². The highest BCUT2D eigenvalue weighted by atomic mass is 35.5. The highest BCUT2D eigenvalue weighted by Crippen LogP contribution is 2.36. The molecule has 0 aliphatic carbocycles. The Labute approximate surface area is 151 Å². The van der Waals surface area contributed by atoms with Gasteiger partial charge >= 0.3 is 0 Å². The van der Waals surface area contributed by atoms with Gasteiger partial charge < -0.3 is 19.5 Å². The number of ether oxygens (including phenoxy) is 3. The van der Waals surface area contributed by atoms with E-state index in [2.05, 4.69) is 5.32 Å². The molecule has 0 amide bonds. The van der Waals surface area contributed by atoms with Crippen molar-refractivity contribution in [3.63, 3.8) is 0 Å². The predicted molar refractivity (Wildman–Crippen MR) is 96.0 cm³/mol. The highest BCUT2D eigenvalue weighted by Gasteiger charge is 2.23. The summed E-state index contributed by atoms with van der Waals surface area (Å²) in [6.45, 7) is 1.32. The molecule has 0 saturated heterocycles. The summed E-state index contributed by atoms with van der Waals surface area (Å²) in [7, 11) is 3.28. The van der Waals surface area contributed by atoms with Crippen LogP contribution in [-0.2, 0) is 6.42 Å². The first-order valence-electron chi connectivity index (χ1n) is 7.69. The van der Waals surface area contributed by atoms with Crippen LogP contribution in [0.4, 0.5) is 0 Å². The zero-order valence-electron chi connectivity index (χ0n) is 13.6. The average molecular weight is 368 g/mol. The maximum absolute atomic E-state index is 6.18. The Morgan fingerprint density at radius 3 is 2.58 bits per heavy atom. The van der Waals surface area contributed by atoms with Gasteiger partial charge in [-0.25, -0.2) is 0 Å². The Morgan fingerprint density at radius 1 is 1.08 bits per heavy atom. The molecule has 1 aliphatic rings. The van der Waals surface area contributed by atoms with E-state index in [0.717, 1.165) is 24.3 Å². The largest absolute Gasteiger partial charge is 0.493 e. The number of hydrogen-bond donors (Lipinski definition) is 1. The predicted octanol–water partition coefficient (Wildman–Crippen LogP) is 4.28. The molecule has 0 aromatic heterocycles. The van der Waals surface area contributed by atoms with Gasteiger partial charge in [0.25, 0.3) is 0 Å². The Hall–Kier alpha value is -1.62. The van der Waals surface area contributed by atoms with E-state index in [1.165, 1.54) is 5.56 Å². The van der Waals surface area contributed by atoms with E-state index in [9.17, 15) is 0 Å². The number of rotatable bonds is 5. The fourth-order valence-corrected chi connectivity index (χ4v) is 3.23. The SMILES string of the molecule is COc1cc2c(cc1OC)C(COc1cccc(Cl)c1Cl)NCC2. The van der Waals surface area contributed by atoms with Gasteiger partial charge in [0.1, 0.15) is 17.4 Å². The van der Waals surface area contributed by atoms with Crippen molar-refractivity contribution in [2.24, 2.45) is 0 Å². The molecule has 4 nitrogen and oxygen atoms in total. The quantitative estimate of drug-likeness (QED) is 0.855. The summed E-state index contributed by atoms with van der Waals surface area (Å²) in [5.74, 6) is 2.04. The topological polar surface area (TPSA) is 39.7 Å². The van der Waals surface area contributed by atoms with E-state index in [4.69, 9.17) is 37.4 Å². The third-order valence-electron chi connectivity index (χ3n) is 4.13. The van der Waals surface area contributed by atoms with Crippen molar-refractivity contribution in [2.75, 3.05) is 27.4 Å². The maximum atomic E-state index is 6.18. The summed E-state index contributed by atoms with van der Waals surface area (Å²) in [5.41, 5.74) is 2.38. The van der Waals surface area contributed by atoms with Crippen molar-refractivity contribution >= 4 is 23.2 Å². The monoisotopic (exact) mass is 367 g/mol. The summed E-state index contributed by atoms with van der Waals surface area (Å²) in [6.07, 6.45) is 0.935. The Balaban J connectivity index is 1.83. The number of hydrogen-bond acceptors (Lipinski definition) is 4. The summed E-state index contributed by atoms with van der Waals surface area (Å²) in [5, 5.41) is 4.39. The third kappa shape index (κ3) is 3.41. The molecule has 0 spiro atoms. The van der Waals surface area contributed by atoms with Crippen molar-refractivity contribution < 1.29 is 14.2 Å². The molecule has 3 rings (SSSR count). The lowest BCUT2D eigenvalue weighted by Gasteiger charge is -2.28. The number of fused-ring (bicyclic) bond motifs is 1. The molecule has 1 aliphatic heterocycles. The second kappa shape index (κ2) is 7.51. The highest BCUT2D eigenvalue weighted by molar-refractivity contribution is 6.42. The molecule has 1 heterocycles. The van der Waals surface area contributed by atoms with Gasteiger partial charge in [-0.2, -0.15) is 0 Å². The molecule has 24 heavy (non-hydrogen) atoms. The molecule has 1 N–H and O–H groups in total. The van der Waals surface area contributed by atoms with E-state index < -0.39 is 0 Å². The van der Waals surface area contributed by atoms with E-state index in [0.29, 0.717) is 28.2 Å². The van der Waals surface area contributed by atoms with Crippen molar-refractivity contribution in [3.05, 3.63) is 51.5 Å². The molecule has 2 aromatic rings. The Bertz CT molecular complexity index is 736. The number of methoxy groups -OCH3 is 2. The van der Waals surface area contributed by atoms with Crippen LogP contribution in [0.3, 0.4) is 0 Å². The van der Waals surface area contributed by atoms with Gasteiger partial charge in [-0.1, -0.05) is 29.3 Å². The van der Waals surface area contributed by atoms with Crippen LogP contribution in [0.1, 0.15) is 17.2 Å². The van der Waals surface area contributed by atoms with Crippen molar-refractivity contribution in [1.82, 2.24) is 5.32 Å². The fourth-order valence-electron chi connectivity index (χ4n) is 2.89. The number of halogens is 2. The molecule has 1 unspecified atom stereocenters. The number of benzene rings is 2. The van der Waals surface area contributed by atoms with Crippen molar-refractivity contribution in [3.8, 4) is 17.2 Å². The molecular formula is C18H19Cl2NO3. The first-order valence-corrected chi connectivity index (χ1v) is 8.44. The van der Waals surface area contributed by atoms with Crippen LogP contribution in [0.2, 0.25) is 10.0 Å². The fraction of sp³-hybridized carbons (Fsp3) is 0.333. The minimum Gasteiger partial charge on any atom is -0.493 e. The average Bonchev–Trinajstić information content (AvgIpc) is 2.61. The van der Waals surface area contributed by atoms with Crippen LogP contribution >= 0.6 is 23.2 Å². The Kier molecular flexibility index (Phi) is 5.39. The first-order chi connectivity index (χ1) is 11.6. The second-order valence-corrected chi connectivity index (χ2v) is 6.31. The molecular weight excluding hydrogens is 349 g/mol. The summed E-state index contributed by atoms with van der Waals surface area (Å²) >= 11 is 12.2. The van der Waals surface area contributed by atoms with E-state index in [-0.39, 0.29) is 6.04 Å². The minimum atomic E-state index is 0.0450. The van der Waals surface area contributed by atoms with Gasteiger partial charge in [0.05, 0.1) is 25.3 Å².